The molecule has 142 valence electrons. The maximum atomic E-state index is 12.3. The van der Waals surface area contributed by atoms with E-state index >= 15 is 0 Å². The van der Waals surface area contributed by atoms with Crippen molar-refractivity contribution in [2.24, 2.45) is 0 Å². The molecule has 2 aliphatic heterocycles. The zero-order chi connectivity index (χ0) is 19.5. The monoisotopic (exact) mass is 387 g/mol. The van der Waals surface area contributed by atoms with E-state index in [9.17, 15) is 29.1 Å². The lowest BCUT2D eigenvalue weighted by Crippen LogP contribution is -2.76. The second kappa shape index (κ2) is 7.87. The molecule has 0 spiro atoms. The molecule has 1 unspecified atom stereocenters. The molecule has 2 heterocycles. The number of carboxylic acid groups (broad SMARTS) is 2. The largest absolute Gasteiger partial charge is 0.481 e. The van der Waals surface area contributed by atoms with Gasteiger partial charge in [0.1, 0.15) is 13.0 Å². The Labute approximate surface area is 152 Å². The molecule has 3 N–H and O–H groups in total. The van der Waals surface area contributed by atoms with Crippen LogP contribution in [0.4, 0.5) is 0 Å². The Morgan fingerprint density at radius 2 is 1.96 bits per heavy atom. The number of amides is 2. The molecule has 1 saturated heterocycles. The van der Waals surface area contributed by atoms with Gasteiger partial charge in [-0.05, 0) is 6.42 Å². The predicted molar refractivity (Wildman–Crippen MR) is 87.1 cm³/mol. The third-order valence-electron chi connectivity index (χ3n) is 4.06. The van der Waals surface area contributed by atoms with Gasteiger partial charge in [-0.1, -0.05) is 11.8 Å². The van der Waals surface area contributed by atoms with Crippen molar-refractivity contribution < 1.29 is 43.5 Å². The molecule has 0 radical (unpaired) electrons. The van der Waals surface area contributed by atoms with Gasteiger partial charge < -0.3 is 14.9 Å². The third-order valence-corrected chi connectivity index (χ3v) is 5.44. The van der Waals surface area contributed by atoms with Crippen LogP contribution in [0.2, 0.25) is 0 Å². The molecular formula is C15H19N2O8S+. The Morgan fingerprint density at radius 3 is 2.50 bits per heavy atom. The fourth-order valence-corrected chi connectivity index (χ4v) is 4.25. The van der Waals surface area contributed by atoms with Crippen molar-refractivity contribution in [2.75, 3.05) is 12.4 Å². The number of thioether (sulfide) groups is 1. The quantitative estimate of drug-likeness (QED) is 0.297. The van der Waals surface area contributed by atoms with Gasteiger partial charge in [-0.15, -0.1) is 4.59 Å². The molecule has 0 aromatic carbocycles. The first-order chi connectivity index (χ1) is 12.2. The first kappa shape index (κ1) is 19.9. The molecule has 1 fully saturated rings. The maximum Gasteiger partial charge on any atom is 0.393 e. The number of hydrogen-bond acceptors (Lipinski definition) is 7. The lowest BCUT2D eigenvalue weighted by atomic mass is 10.1. The Balaban J connectivity index is 2.27. The van der Waals surface area contributed by atoms with Crippen molar-refractivity contribution in [3.8, 4) is 0 Å². The van der Waals surface area contributed by atoms with Crippen LogP contribution in [0.25, 0.3) is 0 Å². The molecule has 2 atom stereocenters. The first-order valence-electron chi connectivity index (χ1n) is 7.84. The van der Waals surface area contributed by atoms with Gasteiger partial charge in [0, 0.05) is 31.1 Å². The average Bonchev–Trinajstić information content (AvgIpc) is 2.53. The van der Waals surface area contributed by atoms with Crippen molar-refractivity contribution >= 4 is 41.5 Å². The average molecular weight is 387 g/mol. The molecule has 0 aromatic heterocycles. The van der Waals surface area contributed by atoms with Crippen molar-refractivity contribution in [3.05, 3.63) is 11.3 Å². The number of esters is 1. The number of rotatable bonds is 8. The molecule has 0 aromatic rings. The highest BCUT2D eigenvalue weighted by Gasteiger charge is 2.65. The second-order valence-corrected chi connectivity index (χ2v) is 7.07. The van der Waals surface area contributed by atoms with Crippen molar-refractivity contribution in [2.45, 2.75) is 38.0 Å². The highest BCUT2D eigenvalue weighted by atomic mass is 32.2. The Bertz CT molecular complexity index is 704. The highest BCUT2D eigenvalue weighted by Crippen LogP contribution is 2.46. The van der Waals surface area contributed by atoms with Gasteiger partial charge in [-0.25, -0.2) is 9.59 Å². The number of nitrogens with zero attached hydrogens (tertiary/aromatic N) is 1. The van der Waals surface area contributed by atoms with E-state index in [0.717, 1.165) is 0 Å². The summed E-state index contributed by atoms with van der Waals surface area (Å²) in [6, 6.07) is 0. The van der Waals surface area contributed by atoms with Crippen LogP contribution in [0.3, 0.4) is 0 Å². The van der Waals surface area contributed by atoms with Gasteiger partial charge >= 0.3 is 23.8 Å². The zero-order valence-corrected chi connectivity index (χ0v) is 14.8. The van der Waals surface area contributed by atoms with Gasteiger partial charge in [0.2, 0.25) is 0 Å². The third kappa shape index (κ3) is 3.88. The summed E-state index contributed by atoms with van der Waals surface area (Å²) in [6.45, 7) is 0.905. The molecule has 10 nitrogen and oxygen atoms in total. The highest BCUT2D eigenvalue weighted by molar-refractivity contribution is 8.00. The fraction of sp³-hybridized carbons (Fsp3) is 0.533. The van der Waals surface area contributed by atoms with E-state index in [0.29, 0.717) is 0 Å². The number of β-lactam (4-membered cyclic amide) rings is 1. The number of fused-ring (bicyclic) bond motifs is 1. The molecule has 2 aliphatic rings. The van der Waals surface area contributed by atoms with E-state index in [1.54, 1.807) is 0 Å². The van der Waals surface area contributed by atoms with E-state index in [1.807, 2.05) is 0 Å². The minimum absolute atomic E-state index is 0.0690. The molecule has 0 aliphatic carbocycles. The molecule has 2 amide bonds. The number of hydrogen-bond donors (Lipinski definition) is 3. The summed E-state index contributed by atoms with van der Waals surface area (Å²) in [4.78, 5) is 57.9. The standard InChI is InChI=1S/C15H18N2O8S/c1-8(18)25-6-9-7-26-12-5-11(20)17(12,14(9)15(23)24)16-10(19)3-2-4-13(21)22/h12H,2-7H2,1H3,(H2-,16,19,21,22,23,24)/p+1/t12-,17?/m1/s1. The molecule has 26 heavy (non-hydrogen) atoms. The van der Waals surface area contributed by atoms with E-state index in [2.05, 4.69) is 5.43 Å². The topological polar surface area (TPSA) is 147 Å². The van der Waals surface area contributed by atoms with Gasteiger partial charge in [0.15, 0.2) is 5.37 Å². The fourth-order valence-electron chi connectivity index (χ4n) is 2.88. The van der Waals surface area contributed by atoms with Crippen LogP contribution in [0.15, 0.2) is 11.3 Å². The van der Waals surface area contributed by atoms with Crippen molar-refractivity contribution in [1.82, 2.24) is 5.43 Å². The van der Waals surface area contributed by atoms with Gasteiger partial charge in [-0.2, -0.15) is 5.43 Å². The van der Waals surface area contributed by atoms with Crippen LogP contribution in [0.5, 0.6) is 0 Å². The number of carbonyl (C=O) groups is 5. The van der Waals surface area contributed by atoms with Crippen LogP contribution in [0, 0.1) is 0 Å². The summed E-state index contributed by atoms with van der Waals surface area (Å²) in [5.41, 5.74) is 2.40. The van der Waals surface area contributed by atoms with Crippen molar-refractivity contribution in [3.63, 3.8) is 0 Å². The van der Waals surface area contributed by atoms with Crippen LogP contribution in [0.1, 0.15) is 32.6 Å². The van der Waals surface area contributed by atoms with Gasteiger partial charge in [0.05, 0.1) is 0 Å². The maximum absolute atomic E-state index is 12.3. The first-order valence-corrected chi connectivity index (χ1v) is 8.89. The van der Waals surface area contributed by atoms with E-state index in [4.69, 9.17) is 9.84 Å². The number of aliphatic carboxylic acids is 2. The minimum Gasteiger partial charge on any atom is -0.481 e. The SMILES string of the molecule is CC(=O)OCC1=C(C(=O)O)[N+]2(NC(=O)CCCC(=O)O)C(=O)C[C@H]2SC1. The summed E-state index contributed by atoms with van der Waals surface area (Å²) in [5, 5.41) is 17.8. The van der Waals surface area contributed by atoms with E-state index in [-0.39, 0.29) is 49.3 Å². The Kier molecular flexibility index (Phi) is 6.03. The lowest BCUT2D eigenvalue weighted by Gasteiger charge is -2.49. The van der Waals surface area contributed by atoms with E-state index in [1.165, 1.54) is 18.7 Å². The number of carboxylic acids is 2. The Morgan fingerprint density at radius 1 is 1.27 bits per heavy atom. The van der Waals surface area contributed by atoms with Crippen LogP contribution in [-0.2, 0) is 28.7 Å². The molecule has 0 bridgehead atoms. The molecule has 0 saturated carbocycles. The lowest BCUT2D eigenvalue weighted by molar-refractivity contribution is -0.886. The molecule has 11 heteroatoms. The number of quaternary nitrogens is 1. The summed E-state index contributed by atoms with van der Waals surface area (Å²) in [5.74, 6) is -3.85. The second-order valence-electron chi connectivity index (χ2n) is 5.91. The van der Waals surface area contributed by atoms with Gasteiger partial charge in [-0.3, -0.25) is 14.4 Å². The number of ether oxygens (including phenoxy) is 1. The van der Waals surface area contributed by atoms with Gasteiger partial charge in [0.25, 0.3) is 11.6 Å². The predicted octanol–water partition coefficient (Wildman–Crippen LogP) is -0.00570. The summed E-state index contributed by atoms with van der Waals surface area (Å²) >= 11 is 1.30. The Hall–Kier alpha value is -2.40. The smallest absolute Gasteiger partial charge is 0.393 e. The number of carbonyl (C=O) groups excluding carboxylic acids is 3. The normalized spacial score (nSPS) is 24.3. The number of nitrogens with one attached hydrogen (secondary N) is 1. The van der Waals surface area contributed by atoms with Crippen LogP contribution < -0.4 is 5.43 Å². The molecular weight excluding hydrogens is 368 g/mol. The van der Waals surface area contributed by atoms with Crippen LogP contribution in [-0.4, -0.2) is 62.3 Å². The summed E-state index contributed by atoms with van der Waals surface area (Å²) < 4.78 is 4.04. The molecule has 2 rings (SSSR count). The minimum atomic E-state index is -1.38. The van der Waals surface area contributed by atoms with E-state index < -0.39 is 39.7 Å². The van der Waals surface area contributed by atoms with Crippen molar-refractivity contribution in [1.29, 1.82) is 0 Å². The zero-order valence-electron chi connectivity index (χ0n) is 14.0. The van der Waals surface area contributed by atoms with Crippen LogP contribution >= 0.6 is 11.8 Å². The summed E-state index contributed by atoms with van der Waals surface area (Å²) in [7, 11) is 0. The summed E-state index contributed by atoms with van der Waals surface area (Å²) in [6.07, 6.45) is -0.181.